The van der Waals surface area contributed by atoms with Crippen molar-refractivity contribution >= 4 is 27.5 Å². The van der Waals surface area contributed by atoms with E-state index in [-0.39, 0.29) is 5.56 Å². The topological polar surface area (TPSA) is 64.8 Å². The number of ether oxygens (including phenoxy) is 2. The molecule has 32 heavy (non-hydrogen) atoms. The lowest BCUT2D eigenvalue weighted by Gasteiger charge is -2.35. The molecular formula is C24H27N5O3. The molecule has 2 aromatic heterocycles. The fourth-order valence-electron chi connectivity index (χ4n) is 4.56. The highest BCUT2D eigenvalue weighted by molar-refractivity contribution is 6.08. The SMILES string of the molecule is COc1cc2c3cnn(CN4CCN(c5ccccc5)CC4)c(=O)c3n(C)c2cc1OC. The molecule has 0 radical (unpaired) electrons. The first kappa shape index (κ1) is 20.4. The van der Waals surface area contributed by atoms with Crippen molar-refractivity contribution in [2.45, 2.75) is 6.67 Å². The Hall–Kier alpha value is -3.52. The molecule has 0 spiro atoms. The number of hydrogen-bond donors (Lipinski definition) is 0. The zero-order chi connectivity index (χ0) is 22.2. The van der Waals surface area contributed by atoms with E-state index < -0.39 is 0 Å². The Bertz CT molecular complexity index is 1320. The van der Waals surface area contributed by atoms with Gasteiger partial charge in [-0.3, -0.25) is 9.69 Å². The van der Waals surface area contributed by atoms with E-state index in [9.17, 15) is 4.79 Å². The predicted octanol–water partition coefficient (Wildman–Crippen LogP) is 2.69. The number of rotatable bonds is 5. The van der Waals surface area contributed by atoms with E-state index in [2.05, 4.69) is 39.2 Å². The van der Waals surface area contributed by atoms with Crippen LogP contribution in [0.2, 0.25) is 0 Å². The van der Waals surface area contributed by atoms with E-state index >= 15 is 0 Å². The van der Waals surface area contributed by atoms with Crippen molar-refractivity contribution in [1.82, 2.24) is 19.2 Å². The molecule has 0 amide bonds. The fourth-order valence-corrected chi connectivity index (χ4v) is 4.56. The van der Waals surface area contributed by atoms with Crippen LogP contribution >= 0.6 is 0 Å². The number of aryl methyl sites for hydroxylation is 1. The minimum atomic E-state index is -0.0929. The number of aromatic nitrogens is 3. The quantitative estimate of drug-likeness (QED) is 0.482. The van der Waals surface area contributed by atoms with Crippen LogP contribution in [0.25, 0.3) is 21.8 Å². The zero-order valence-electron chi connectivity index (χ0n) is 18.6. The summed E-state index contributed by atoms with van der Waals surface area (Å²) in [7, 11) is 5.12. The second-order valence-corrected chi connectivity index (χ2v) is 8.08. The highest BCUT2D eigenvalue weighted by atomic mass is 16.5. The van der Waals surface area contributed by atoms with Crippen LogP contribution in [0.5, 0.6) is 11.5 Å². The standard InChI is InChI=1S/C24H27N5O3/c1-26-20-14-22(32-3)21(31-2)13-18(20)19-15-25-29(24(30)23(19)26)16-27-9-11-28(12-10-27)17-7-5-4-6-8-17/h4-8,13-15H,9-12,16H2,1-3H3. The number of hydrogen-bond acceptors (Lipinski definition) is 6. The summed E-state index contributed by atoms with van der Waals surface area (Å²) in [6.07, 6.45) is 1.78. The van der Waals surface area contributed by atoms with E-state index in [1.807, 2.05) is 29.8 Å². The molecule has 0 unspecified atom stereocenters. The van der Waals surface area contributed by atoms with Gasteiger partial charge in [-0.15, -0.1) is 0 Å². The monoisotopic (exact) mass is 433 g/mol. The first-order valence-electron chi connectivity index (χ1n) is 10.7. The van der Waals surface area contributed by atoms with Gasteiger partial charge in [0, 0.05) is 55.8 Å². The van der Waals surface area contributed by atoms with E-state index in [1.165, 1.54) is 5.69 Å². The van der Waals surface area contributed by atoms with Crippen molar-refractivity contribution in [2.24, 2.45) is 7.05 Å². The second-order valence-electron chi connectivity index (χ2n) is 8.08. The summed E-state index contributed by atoms with van der Waals surface area (Å²) in [4.78, 5) is 18.0. The average molecular weight is 434 g/mol. The van der Waals surface area contributed by atoms with Gasteiger partial charge in [0.05, 0.1) is 32.6 Å². The highest BCUT2D eigenvalue weighted by Gasteiger charge is 2.20. The fraction of sp³-hybridized carbons (Fsp3) is 0.333. The number of fused-ring (bicyclic) bond motifs is 3. The molecule has 4 aromatic rings. The normalized spacial score (nSPS) is 14.9. The molecule has 0 bridgehead atoms. The average Bonchev–Trinajstić information content (AvgIpc) is 3.12. The van der Waals surface area contributed by atoms with Crippen molar-refractivity contribution < 1.29 is 9.47 Å². The lowest BCUT2D eigenvalue weighted by atomic mass is 10.2. The second kappa shape index (κ2) is 8.20. The zero-order valence-corrected chi connectivity index (χ0v) is 18.6. The van der Waals surface area contributed by atoms with Crippen LogP contribution in [0.1, 0.15) is 0 Å². The van der Waals surface area contributed by atoms with E-state index in [4.69, 9.17) is 9.47 Å². The molecule has 2 aromatic carbocycles. The summed E-state index contributed by atoms with van der Waals surface area (Å²) < 4.78 is 14.4. The molecule has 1 saturated heterocycles. The molecule has 1 fully saturated rings. The molecule has 0 atom stereocenters. The van der Waals surface area contributed by atoms with Crippen LogP contribution in [-0.2, 0) is 13.7 Å². The van der Waals surface area contributed by atoms with Crippen molar-refractivity contribution in [3.63, 3.8) is 0 Å². The third kappa shape index (κ3) is 3.36. The first-order chi connectivity index (χ1) is 15.6. The molecule has 0 aliphatic carbocycles. The lowest BCUT2D eigenvalue weighted by Crippen LogP contribution is -2.48. The summed E-state index contributed by atoms with van der Waals surface area (Å²) in [6, 6.07) is 14.3. The first-order valence-corrected chi connectivity index (χ1v) is 10.7. The van der Waals surface area contributed by atoms with Crippen molar-refractivity contribution in [1.29, 1.82) is 0 Å². The molecule has 1 aliphatic rings. The molecular weight excluding hydrogens is 406 g/mol. The molecule has 8 heteroatoms. The molecule has 1 aliphatic heterocycles. The Labute approximate surface area is 186 Å². The van der Waals surface area contributed by atoms with Crippen LogP contribution in [0.3, 0.4) is 0 Å². The summed E-state index contributed by atoms with van der Waals surface area (Å²) in [5.41, 5.74) is 2.69. The van der Waals surface area contributed by atoms with Crippen molar-refractivity contribution in [2.75, 3.05) is 45.3 Å². The van der Waals surface area contributed by atoms with Gasteiger partial charge in [0.2, 0.25) is 0 Å². The molecule has 5 rings (SSSR count). The molecule has 0 saturated carbocycles. The van der Waals surface area contributed by atoms with Gasteiger partial charge in [0.25, 0.3) is 5.56 Å². The Morgan fingerprint density at radius 2 is 1.62 bits per heavy atom. The molecule has 3 heterocycles. The smallest absolute Gasteiger partial charge is 0.292 e. The summed E-state index contributed by atoms with van der Waals surface area (Å²) in [5.74, 6) is 1.27. The Kier molecular flexibility index (Phi) is 5.22. The molecule has 8 nitrogen and oxygen atoms in total. The number of benzene rings is 2. The van der Waals surface area contributed by atoms with Gasteiger partial charge in [0.1, 0.15) is 5.52 Å². The van der Waals surface area contributed by atoms with Crippen LogP contribution in [0.15, 0.2) is 53.5 Å². The third-order valence-corrected chi connectivity index (χ3v) is 6.33. The maximum Gasteiger partial charge on any atom is 0.292 e. The predicted molar refractivity (Wildman–Crippen MR) is 126 cm³/mol. The Morgan fingerprint density at radius 1 is 0.938 bits per heavy atom. The van der Waals surface area contributed by atoms with Gasteiger partial charge in [-0.1, -0.05) is 18.2 Å². The molecule has 0 N–H and O–H groups in total. The van der Waals surface area contributed by atoms with E-state index in [0.29, 0.717) is 23.7 Å². The Morgan fingerprint density at radius 3 is 2.31 bits per heavy atom. The van der Waals surface area contributed by atoms with Crippen LogP contribution in [0.4, 0.5) is 5.69 Å². The van der Waals surface area contributed by atoms with Gasteiger partial charge in [0.15, 0.2) is 11.5 Å². The highest BCUT2D eigenvalue weighted by Crippen LogP contribution is 2.36. The van der Waals surface area contributed by atoms with Gasteiger partial charge in [-0.25, -0.2) is 4.68 Å². The lowest BCUT2D eigenvalue weighted by molar-refractivity contribution is 0.192. The van der Waals surface area contributed by atoms with Crippen LogP contribution in [-0.4, -0.2) is 59.6 Å². The number of methoxy groups -OCH3 is 2. The number of nitrogens with zero attached hydrogens (tertiary/aromatic N) is 5. The van der Waals surface area contributed by atoms with Gasteiger partial charge >= 0.3 is 0 Å². The van der Waals surface area contributed by atoms with Crippen molar-refractivity contribution in [3.8, 4) is 11.5 Å². The summed E-state index contributed by atoms with van der Waals surface area (Å²) >= 11 is 0. The summed E-state index contributed by atoms with van der Waals surface area (Å²) in [5, 5.41) is 6.25. The minimum Gasteiger partial charge on any atom is -0.493 e. The molecule has 166 valence electrons. The summed E-state index contributed by atoms with van der Waals surface area (Å²) in [6.45, 7) is 4.09. The van der Waals surface area contributed by atoms with Gasteiger partial charge < -0.3 is 18.9 Å². The number of piperazine rings is 1. The number of para-hydroxylation sites is 1. The minimum absolute atomic E-state index is 0.0929. The number of anilines is 1. The van der Waals surface area contributed by atoms with Gasteiger partial charge in [-0.2, -0.15) is 5.10 Å². The van der Waals surface area contributed by atoms with E-state index in [0.717, 1.165) is 42.5 Å². The largest absolute Gasteiger partial charge is 0.493 e. The van der Waals surface area contributed by atoms with E-state index in [1.54, 1.807) is 25.1 Å². The van der Waals surface area contributed by atoms with Crippen molar-refractivity contribution in [3.05, 3.63) is 59.0 Å². The third-order valence-electron chi connectivity index (χ3n) is 6.33. The Balaban J connectivity index is 1.43. The van der Waals surface area contributed by atoms with Crippen LogP contribution < -0.4 is 19.9 Å². The maximum atomic E-state index is 13.4. The van der Waals surface area contributed by atoms with Crippen LogP contribution in [0, 0.1) is 0 Å². The maximum absolute atomic E-state index is 13.4. The van der Waals surface area contributed by atoms with Gasteiger partial charge in [-0.05, 0) is 18.2 Å².